The number of aromatic nitrogens is 2. The minimum atomic E-state index is -0.574. The molecule has 1 aromatic carbocycles. The van der Waals surface area contributed by atoms with Crippen LogP contribution in [-0.4, -0.2) is 15.7 Å². The number of rotatable bonds is 2. The predicted molar refractivity (Wildman–Crippen MR) is 56.5 cm³/mol. The summed E-state index contributed by atoms with van der Waals surface area (Å²) in [6, 6.07) is 9.36. The molecule has 1 amide bonds. The summed E-state index contributed by atoms with van der Waals surface area (Å²) in [4.78, 5) is 11.0. The van der Waals surface area contributed by atoms with Crippen molar-refractivity contribution in [1.82, 2.24) is 9.78 Å². The van der Waals surface area contributed by atoms with Gasteiger partial charge in [0.2, 0.25) is 0 Å². The van der Waals surface area contributed by atoms with Crippen LogP contribution in [0.1, 0.15) is 10.4 Å². The van der Waals surface area contributed by atoms with Crippen LogP contribution in [0.3, 0.4) is 0 Å². The molecule has 0 aliphatic carbocycles. The number of nitrogens with zero attached hydrogens (tertiary/aromatic N) is 2. The first kappa shape index (κ1) is 9.26. The Bertz CT molecular complexity index is 489. The highest BCUT2D eigenvalue weighted by Crippen LogP contribution is 2.12. The molecule has 0 aliphatic heterocycles. The SMILES string of the molecule is NC(=O)c1cn(-c2ccccc2)nc1N. The van der Waals surface area contributed by atoms with E-state index in [2.05, 4.69) is 5.10 Å². The standard InChI is InChI=1S/C10H10N4O/c11-9-8(10(12)15)6-14(13-9)7-4-2-1-3-5-7/h1-6H,(H2,11,13)(H2,12,15). The second-order valence-corrected chi connectivity index (χ2v) is 3.07. The third-order valence-corrected chi connectivity index (χ3v) is 2.03. The van der Waals surface area contributed by atoms with Crippen LogP contribution in [0, 0.1) is 0 Å². The van der Waals surface area contributed by atoms with E-state index in [-0.39, 0.29) is 11.4 Å². The van der Waals surface area contributed by atoms with Crippen LogP contribution < -0.4 is 11.5 Å². The molecule has 5 nitrogen and oxygen atoms in total. The van der Waals surface area contributed by atoms with Crippen molar-refractivity contribution >= 4 is 11.7 Å². The maximum absolute atomic E-state index is 11.0. The summed E-state index contributed by atoms with van der Waals surface area (Å²) in [6.45, 7) is 0. The molecule has 0 saturated carbocycles. The molecule has 5 heteroatoms. The number of carbonyl (C=O) groups is 1. The lowest BCUT2D eigenvalue weighted by Gasteiger charge is -1.98. The minimum Gasteiger partial charge on any atom is -0.382 e. The van der Waals surface area contributed by atoms with Crippen LogP contribution in [0.25, 0.3) is 5.69 Å². The smallest absolute Gasteiger partial charge is 0.254 e. The molecule has 0 atom stereocenters. The van der Waals surface area contributed by atoms with Crippen LogP contribution in [0.4, 0.5) is 5.82 Å². The first-order chi connectivity index (χ1) is 7.18. The van der Waals surface area contributed by atoms with Crippen LogP contribution >= 0.6 is 0 Å². The van der Waals surface area contributed by atoms with Gasteiger partial charge >= 0.3 is 0 Å². The average Bonchev–Trinajstić information content (AvgIpc) is 2.62. The van der Waals surface area contributed by atoms with Crippen molar-refractivity contribution in [3.05, 3.63) is 42.1 Å². The Balaban J connectivity index is 2.48. The molecule has 0 radical (unpaired) electrons. The molecule has 2 aromatic rings. The molecule has 0 spiro atoms. The molecule has 1 heterocycles. The summed E-state index contributed by atoms with van der Waals surface area (Å²) in [5, 5.41) is 4.00. The van der Waals surface area contributed by atoms with Gasteiger partial charge in [0.1, 0.15) is 5.56 Å². The van der Waals surface area contributed by atoms with Crippen molar-refractivity contribution in [1.29, 1.82) is 0 Å². The Labute approximate surface area is 86.3 Å². The Morgan fingerprint density at radius 2 is 1.93 bits per heavy atom. The Kier molecular flexibility index (Phi) is 2.13. The van der Waals surface area contributed by atoms with Gasteiger partial charge in [0.05, 0.1) is 5.69 Å². The topological polar surface area (TPSA) is 86.9 Å². The molecule has 0 aliphatic rings. The average molecular weight is 202 g/mol. The van der Waals surface area contributed by atoms with Gasteiger partial charge in [-0.15, -0.1) is 5.10 Å². The minimum absolute atomic E-state index is 0.145. The first-order valence-corrected chi connectivity index (χ1v) is 4.39. The fraction of sp³-hybridized carbons (Fsp3) is 0. The van der Waals surface area contributed by atoms with Gasteiger partial charge in [-0.2, -0.15) is 0 Å². The number of para-hydroxylation sites is 1. The fourth-order valence-electron chi connectivity index (χ4n) is 1.29. The lowest BCUT2D eigenvalue weighted by molar-refractivity contribution is 0.100. The van der Waals surface area contributed by atoms with Gasteiger partial charge in [-0.25, -0.2) is 4.68 Å². The zero-order valence-corrected chi connectivity index (χ0v) is 7.92. The monoisotopic (exact) mass is 202 g/mol. The van der Waals surface area contributed by atoms with Crippen molar-refractivity contribution < 1.29 is 4.79 Å². The van der Waals surface area contributed by atoms with Gasteiger partial charge in [-0.3, -0.25) is 4.79 Å². The van der Waals surface area contributed by atoms with Gasteiger partial charge in [-0.1, -0.05) is 18.2 Å². The summed E-state index contributed by atoms with van der Waals surface area (Å²) in [7, 11) is 0. The summed E-state index contributed by atoms with van der Waals surface area (Å²) in [5.41, 5.74) is 11.7. The van der Waals surface area contributed by atoms with Gasteiger partial charge in [0.15, 0.2) is 5.82 Å². The van der Waals surface area contributed by atoms with E-state index in [4.69, 9.17) is 11.5 Å². The van der Waals surface area contributed by atoms with Gasteiger partial charge in [0, 0.05) is 6.20 Å². The maximum atomic E-state index is 11.0. The fourth-order valence-corrected chi connectivity index (χ4v) is 1.29. The second-order valence-electron chi connectivity index (χ2n) is 3.07. The number of primary amides is 1. The molecule has 0 bridgehead atoms. The number of nitrogens with two attached hydrogens (primary N) is 2. The zero-order chi connectivity index (χ0) is 10.8. The molecule has 1 aromatic heterocycles. The molecule has 0 unspecified atom stereocenters. The zero-order valence-electron chi connectivity index (χ0n) is 7.92. The lowest BCUT2D eigenvalue weighted by atomic mass is 10.3. The van der Waals surface area contributed by atoms with Crippen molar-refractivity contribution in [2.45, 2.75) is 0 Å². The van der Waals surface area contributed by atoms with Crippen LogP contribution in [0.2, 0.25) is 0 Å². The Morgan fingerprint density at radius 3 is 2.47 bits per heavy atom. The van der Waals surface area contributed by atoms with Crippen molar-refractivity contribution in [2.75, 3.05) is 5.73 Å². The molecular formula is C10H10N4O. The molecule has 76 valence electrons. The van der Waals surface area contributed by atoms with Crippen LogP contribution in [-0.2, 0) is 0 Å². The normalized spacial score (nSPS) is 10.1. The number of hydrogen-bond donors (Lipinski definition) is 2. The van der Waals surface area contributed by atoms with E-state index in [1.165, 1.54) is 10.9 Å². The third kappa shape index (κ3) is 1.67. The second kappa shape index (κ2) is 3.45. The van der Waals surface area contributed by atoms with E-state index in [1.54, 1.807) is 0 Å². The third-order valence-electron chi connectivity index (χ3n) is 2.03. The first-order valence-electron chi connectivity index (χ1n) is 4.39. The lowest BCUT2D eigenvalue weighted by Crippen LogP contribution is -2.11. The largest absolute Gasteiger partial charge is 0.382 e. The number of benzene rings is 1. The van der Waals surface area contributed by atoms with Gasteiger partial charge < -0.3 is 11.5 Å². The summed E-state index contributed by atoms with van der Waals surface area (Å²) < 4.78 is 1.52. The molecule has 0 fully saturated rings. The number of hydrogen-bond acceptors (Lipinski definition) is 3. The number of carbonyl (C=O) groups excluding carboxylic acids is 1. The number of amides is 1. The Hall–Kier alpha value is -2.30. The van der Waals surface area contributed by atoms with E-state index >= 15 is 0 Å². The summed E-state index contributed by atoms with van der Waals surface area (Å²) in [6.07, 6.45) is 1.52. The van der Waals surface area contributed by atoms with Gasteiger partial charge in [0.25, 0.3) is 5.91 Å². The quantitative estimate of drug-likeness (QED) is 0.745. The summed E-state index contributed by atoms with van der Waals surface area (Å²) in [5.74, 6) is -0.430. The highest BCUT2D eigenvalue weighted by molar-refractivity contribution is 5.96. The number of nitrogen functional groups attached to an aromatic ring is 1. The van der Waals surface area contributed by atoms with Crippen molar-refractivity contribution in [3.8, 4) is 5.69 Å². The van der Waals surface area contributed by atoms with Crippen molar-refractivity contribution in [3.63, 3.8) is 0 Å². The highest BCUT2D eigenvalue weighted by atomic mass is 16.1. The maximum Gasteiger partial charge on any atom is 0.254 e. The Morgan fingerprint density at radius 1 is 1.27 bits per heavy atom. The van der Waals surface area contributed by atoms with Crippen LogP contribution in [0.15, 0.2) is 36.5 Å². The molecular weight excluding hydrogens is 192 g/mol. The predicted octanol–water partition coefficient (Wildman–Crippen LogP) is 0.553. The van der Waals surface area contributed by atoms with Gasteiger partial charge in [-0.05, 0) is 12.1 Å². The molecule has 4 N–H and O–H groups in total. The van der Waals surface area contributed by atoms with E-state index in [0.29, 0.717) is 0 Å². The van der Waals surface area contributed by atoms with Crippen LogP contribution in [0.5, 0.6) is 0 Å². The van der Waals surface area contributed by atoms with E-state index in [1.807, 2.05) is 30.3 Å². The summed E-state index contributed by atoms with van der Waals surface area (Å²) >= 11 is 0. The van der Waals surface area contributed by atoms with Crippen molar-refractivity contribution in [2.24, 2.45) is 5.73 Å². The molecule has 0 saturated heterocycles. The van der Waals surface area contributed by atoms with E-state index < -0.39 is 5.91 Å². The van der Waals surface area contributed by atoms with E-state index in [0.717, 1.165) is 5.69 Å². The molecule has 15 heavy (non-hydrogen) atoms. The van der Waals surface area contributed by atoms with E-state index in [9.17, 15) is 4.79 Å². The number of anilines is 1. The molecule has 2 rings (SSSR count). The highest BCUT2D eigenvalue weighted by Gasteiger charge is 2.11.